The number of Topliss-reactive ketones (excluding diaryl/α,β-unsaturated/α-hetero) is 2. The second-order valence-electron chi connectivity index (χ2n) is 6.25. The highest BCUT2D eigenvalue weighted by atomic mass is 16.1. The van der Waals surface area contributed by atoms with E-state index in [9.17, 15) is 9.59 Å². The van der Waals surface area contributed by atoms with Crippen molar-refractivity contribution in [1.82, 2.24) is 4.57 Å². The molecule has 0 atom stereocenters. The number of hydrogen-bond acceptors (Lipinski definition) is 2. The molecule has 0 aliphatic heterocycles. The number of carbonyl (C=O) groups is 2. The number of ketones is 2. The highest BCUT2D eigenvalue weighted by molar-refractivity contribution is 6.02. The molecule has 0 aliphatic rings. The van der Waals surface area contributed by atoms with Gasteiger partial charge in [0.15, 0.2) is 11.6 Å². The molecule has 3 nitrogen and oxygen atoms in total. The van der Waals surface area contributed by atoms with Gasteiger partial charge in [0.05, 0.1) is 0 Å². The van der Waals surface area contributed by atoms with Crippen LogP contribution < -0.4 is 0 Å². The van der Waals surface area contributed by atoms with Crippen LogP contribution in [0.1, 0.15) is 44.5 Å². The Kier molecular flexibility index (Phi) is 4.94. The van der Waals surface area contributed by atoms with Crippen molar-refractivity contribution in [3.63, 3.8) is 0 Å². The Hall–Kier alpha value is -2.94. The van der Waals surface area contributed by atoms with Gasteiger partial charge in [0.1, 0.15) is 0 Å². The van der Waals surface area contributed by atoms with Crippen LogP contribution in [-0.4, -0.2) is 16.1 Å². The average Bonchev–Trinajstić information content (AvgIpc) is 2.92. The van der Waals surface area contributed by atoms with Gasteiger partial charge in [-0.15, -0.1) is 0 Å². The van der Waals surface area contributed by atoms with Crippen LogP contribution in [0.25, 0.3) is 0 Å². The molecular formula is C22H21NO2. The Morgan fingerprint density at radius 1 is 0.920 bits per heavy atom. The Morgan fingerprint density at radius 2 is 1.52 bits per heavy atom. The molecule has 0 N–H and O–H groups in total. The third-order valence-corrected chi connectivity index (χ3v) is 4.42. The lowest BCUT2D eigenvalue weighted by molar-refractivity contribution is 0.0992. The van der Waals surface area contributed by atoms with E-state index in [-0.39, 0.29) is 18.0 Å². The minimum absolute atomic E-state index is 0.000161. The number of carbonyl (C=O) groups excluding carboxylic acids is 2. The standard InChI is InChI=1S/C22H21NO2/c1-16-22(17(2)24)20(13-21(25)19-11-7-4-8-12-19)15-23(16)14-18-9-5-3-6-10-18/h3-12,15H,13-14H2,1-2H3. The van der Waals surface area contributed by atoms with E-state index < -0.39 is 0 Å². The Morgan fingerprint density at radius 3 is 2.12 bits per heavy atom. The quantitative estimate of drug-likeness (QED) is 0.625. The molecule has 1 aromatic heterocycles. The zero-order valence-corrected chi connectivity index (χ0v) is 14.5. The van der Waals surface area contributed by atoms with Crippen molar-refractivity contribution in [2.24, 2.45) is 0 Å². The van der Waals surface area contributed by atoms with E-state index in [4.69, 9.17) is 0 Å². The van der Waals surface area contributed by atoms with Gasteiger partial charge in [-0.1, -0.05) is 60.7 Å². The highest BCUT2D eigenvalue weighted by Gasteiger charge is 2.19. The SMILES string of the molecule is CC(=O)c1c(CC(=O)c2ccccc2)cn(Cc2ccccc2)c1C. The first kappa shape index (κ1) is 16.9. The minimum Gasteiger partial charge on any atom is -0.346 e. The van der Waals surface area contributed by atoms with Crippen molar-refractivity contribution >= 4 is 11.6 Å². The second-order valence-corrected chi connectivity index (χ2v) is 6.25. The fraction of sp³-hybridized carbons (Fsp3) is 0.182. The number of rotatable bonds is 6. The molecule has 0 amide bonds. The first-order valence-electron chi connectivity index (χ1n) is 8.38. The van der Waals surface area contributed by atoms with Crippen molar-refractivity contribution in [1.29, 1.82) is 0 Å². The number of aromatic nitrogens is 1. The summed E-state index contributed by atoms with van der Waals surface area (Å²) in [6.07, 6.45) is 2.18. The van der Waals surface area contributed by atoms with Crippen molar-refractivity contribution in [2.75, 3.05) is 0 Å². The fourth-order valence-corrected chi connectivity index (χ4v) is 3.18. The maximum atomic E-state index is 12.5. The Bertz CT molecular complexity index is 893. The van der Waals surface area contributed by atoms with E-state index in [1.165, 1.54) is 0 Å². The summed E-state index contributed by atoms with van der Waals surface area (Å²) >= 11 is 0. The first-order valence-corrected chi connectivity index (χ1v) is 8.38. The minimum atomic E-state index is 0.000161. The van der Waals surface area contributed by atoms with Crippen LogP contribution in [0.3, 0.4) is 0 Å². The molecular weight excluding hydrogens is 310 g/mol. The summed E-state index contributed by atoms with van der Waals surface area (Å²) in [5.74, 6) is 0.0279. The molecule has 1 heterocycles. The molecule has 0 aliphatic carbocycles. The Labute approximate surface area is 147 Å². The van der Waals surface area contributed by atoms with Crippen molar-refractivity contribution in [2.45, 2.75) is 26.8 Å². The number of nitrogens with zero attached hydrogens (tertiary/aromatic N) is 1. The van der Waals surface area contributed by atoms with Gasteiger partial charge in [-0.25, -0.2) is 0 Å². The predicted octanol–water partition coefficient (Wildman–Crippen LogP) is 4.47. The van der Waals surface area contributed by atoms with Gasteiger partial charge in [-0.05, 0) is 25.0 Å². The van der Waals surface area contributed by atoms with E-state index in [2.05, 4.69) is 16.7 Å². The largest absolute Gasteiger partial charge is 0.346 e. The van der Waals surface area contributed by atoms with Crippen molar-refractivity contribution < 1.29 is 9.59 Å². The summed E-state index contributed by atoms with van der Waals surface area (Å²) in [6, 6.07) is 19.3. The van der Waals surface area contributed by atoms with Gasteiger partial charge in [0.2, 0.25) is 0 Å². The van der Waals surface area contributed by atoms with Gasteiger partial charge in [0, 0.05) is 36.0 Å². The summed E-state index contributed by atoms with van der Waals surface area (Å²) in [4.78, 5) is 24.7. The monoisotopic (exact) mass is 331 g/mol. The molecule has 3 aromatic rings. The third kappa shape index (κ3) is 3.77. The molecule has 25 heavy (non-hydrogen) atoms. The lowest BCUT2D eigenvalue weighted by atomic mass is 9.99. The number of hydrogen-bond donors (Lipinski definition) is 0. The topological polar surface area (TPSA) is 39.1 Å². The molecule has 0 bridgehead atoms. The van der Waals surface area contributed by atoms with Crippen molar-refractivity contribution in [3.8, 4) is 0 Å². The zero-order chi connectivity index (χ0) is 17.8. The molecule has 0 fully saturated rings. The van der Waals surface area contributed by atoms with Crippen LogP contribution in [0, 0.1) is 6.92 Å². The van der Waals surface area contributed by atoms with E-state index in [0.717, 1.165) is 16.8 Å². The lowest BCUT2D eigenvalue weighted by Crippen LogP contribution is -2.06. The van der Waals surface area contributed by atoms with Crippen LogP contribution in [-0.2, 0) is 13.0 Å². The summed E-state index contributed by atoms with van der Waals surface area (Å²) in [7, 11) is 0. The van der Waals surface area contributed by atoms with Crippen LogP contribution >= 0.6 is 0 Å². The van der Waals surface area contributed by atoms with Gasteiger partial charge in [-0.3, -0.25) is 9.59 Å². The van der Waals surface area contributed by atoms with Crippen LogP contribution in [0.5, 0.6) is 0 Å². The van der Waals surface area contributed by atoms with Crippen LogP contribution in [0.4, 0.5) is 0 Å². The molecule has 0 spiro atoms. The van der Waals surface area contributed by atoms with E-state index in [1.54, 1.807) is 6.92 Å². The van der Waals surface area contributed by atoms with E-state index >= 15 is 0 Å². The Balaban J connectivity index is 1.92. The van der Waals surface area contributed by atoms with Gasteiger partial charge in [-0.2, -0.15) is 0 Å². The van der Waals surface area contributed by atoms with E-state index in [1.807, 2.05) is 61.7 Å². The smallest absolute Gasteiger partial charge is 0.167 e. The number of benzene rings is 2. The van der Waals surface area contributed by atoms with Gasteiger partial charge < -0.3 is 4.57 Å². The summed E-state index contributed by atoms with van der Waals surface area (Å²) in [5.41, 5.74) is 4.21. The first-order chi connectivity index (χ1) is 12.1. The van der Waals surface area contributed by atoms with Crippen LogP contribution in [0.2, 0.25) is 0 Å². The molecule has 126 valence electrons. The fourth-order valence-electron chi connectivity index (χ4n) is 3.18. The highest BCUT2D eigenvalue weighted by Crippen LogP contribution is 2.21. The van der Waals surface area contributed by atoms with Crippen molar-refractivity contribution in [3.05, 3.63) is 94.8 Å². The summed E-state index contributed by atoms with van der Waals surface area (Å²) in [5, 5.41) is 0. The maximum absolute atomic E-state index is 12.5. The van der Waals surface area contributed by atoms with Gasteiger partial charge >= 0.3 is 0 Å². The molecule has 0 saturated carbocycles. The molecule has 2 aromatic carbocycles. The summed E-state index contributed by atoms with van der Waals surface area (Å²) < 4.78 is 2.06. The predicted molar refractivity (Wildman–Crippen MR) is 99.2 cm³/mol. The van der Waals surface area contributed by atoms with Gasteiger partial charge in [0.25, 0.3) is 0 Å². The van der Waals surface area contributed by atoms with E-state index in [0.29, 0.717) is 17.7 Å². The third-order valence-electron chi connectivity index (χ3n) is 4.42. The normalized spacial score (nSPS) is 10.6. The summed E-state index contributed by atoms with van der Waals surface area (Å²) in [6.45, 7) is 4.19. The average molecular weight is 331 g/mol. The van der Waals surface area contributed by atoms with Crippen LogP contribution in [0.15, 0.2) is 66.9 Å². The molecule has 3 rings (SSSR count). The maximum Gasteiger partial charge on any atom is 0.167 e. The zero-order valence-electron chi connectivity index (χ0n) is 14.5. The molecule has 0 unspecified atom stereocenters. The second kappa shape index (κ2) is 7.31. The molecule has 0 radical (unpaired) electrons. The molecule has 0 saturated heterocycles. The lowest BCUT2D eigenvalue weighted by Gasteiger charge is -2.06. The molecule has 3 heteroatoms.